The lowest BCUT2D eigenvalue weighted by atomic mass is 9.60. The van der Waals surface area contributed by atoms with Gasteiger partial charge in [-0.05, 0) is 69.4 Å². The SMILES string of the molecule is COc1ccc2c(c1)O[C@@]1(c3ccc(OC)cc3OS(=O)(=O)c3ccc(C)cc3)CCC[C@H]1C21CCCC1. The maximum atomic E-state index is 13.4. The van der Waals surface area contributed by atoms with Crippen molar-refractivity contribution in [3.05, 3.63) is 77.4 Å². The summed E-state index contributed by atoms with van der Waals surface area (Å²) >= 11 is 0. The quantitative estimate of drug-likeness (QED) is 0.329. The fourth-order valence-corrected chi connectivity index (χ4v) is 8.19. The topological polar surface area (TPSA) is 71.1 Å². The van der Waals surface area contributed by atoms with Crippen molar-refractivity contribution in [3.8, 4) is 23.0 Å². The minimum Gasteiger partial charge on any atom is -0.497 e. The highest BCUT2D eigenvalue weighted by Crippen LogP contribution is 2.66. The van der Waals surface area contributed by atoms with Crippen LogP contribution in [-0.2, 0) is 21.1 Å². The maximum Gasteiger partial charge on any atom is 0.339 e. The van der Waals surface area contributed by atoms with Gasteiger partial charge in [0.1, 0.15) is 27.7 Å². The highest BCUT2D eigenvalue weighted by Gasteiger charge is 2.62. The number of methoxy groups -OCH3 is 2. The Hall–Kier alpha value is -3.19. The van der Waals surface area contributed by atoms with E-state index >= 15 is 0 Å². The van der Waals surface area contributed by atoms with E-state index in [1.807, 2.05) is 31.2 Å². The van der Waals surface area contributed by atoms with Crippen molar-refractivity contribution in [2.24, 2.45) is 5.92 Å². The zero-order chi connectivity index (χ0) is 26.5. The van der Waals surface area contributed by atoms with Crippen molar-refractivity contribution in [1.82, 2.24) is 0 Å². The smallest absolute Gasteiger partial charge is 0.339 e. The monoisotopic (exact) mass is 534 g/mol. The first-order valence-electron chi connectivity index (χ1n) is 13.4. The minimum absolute atomic E-state index is 0.0244. The first kappa shape index (κ1) is 25.1. The number of aryl methyl sites for hydroxylation is 1. The summed E-state index contributed by atoms with van der Waals surface area (Å²) in [5.74, 6) is 2.57. The van der Waals surface area contributed by atoms with Crippen molar-refractivity contribution in [2.45, 2.75) is 67.8 Å². The van der Waals surface area contributed by atoms with Gasteiger partial charge in [-0.2, -0.15) is 8.42 Å². The normalized spacial score (nSPS) is 23.4. The average Bonchev–Trinajstić information content (AvgIpc) is 3.57. The van der Waals surface area contributed by atoms with Gasteiger partial charge in [0, 0.05) is 34.6 Å². The summed E-state index contributed by atoms with van der Waals surface area (Å²) in [6, 6.07) is 18.4. The molecule has 3 aromatic rings. The standard InChI is InChI=1S/C31H34O6S/c1-21-8-12-24(13-9-21)38(32,33)37-28-20-23(35-3)11-15-26(28)31-18-6-7-29(31)30(16-4-5-17-30)25-14-10-22(34-2)19-27(25)36-31/h8-15,19-20,29H,4-7,16-18H2,1-3H3/t29-,31+/m0/s1. The largest absolute Gasteiger partial charge is 0.497 e. The average molecular weight is 535 g/mol. The van der Waals surface area contributed by atoms with Crippen molar-refractivity contribution in [2.75, 3.05) is 14.2 Å². The third-order valence-electron chi connectivity index (χ3n) is 8.94. The van der Waals surface area contributed by atoms with Crippen LogP contribution in [0, 0.1) is 12.8 Å². The van der Waals surface area contributed by atoms with Crippen LogP contribution in [0.1, 0.15) is 61.6 Å². The van der Waals surface area contributed by atoms with Crippen molar-refractivity contribution in [1.29, 1.82) is 0 Å². The molecule has 7 heteroatoms. The van der Waals surface area contributed by atoms with Gasteiger partial charge in [-0.15, -0.1) is 0 Å². The molecule has 0 radical (unpaired) electrons. The second kappa shape index (κ2) is 9.23. The predicted octanol–water partition coefficient (Wildman–Crippen LogP) is 6.68. The Morgan fingerprint density at radius 2 is 1.47 bits per heavy atom. The molecule has 0 amide bonds. The fourth-order valence-electron chi connectivity index (χ4n) is 7.25. The molecule has 6 rings (SSSR count). The molecule has 1 aliphatic heterocycles. The van der Waals surface area contributed by atoms with Crippen LogP contribution in [0.3, 0.4) is 0 Å². The van der Waals surface area contributed by atoms with Gasteiger partial charge < -0.3 is 18.4 Å². The van der Waals surface area contributed by atoms with Gasteiger partial charge in [0.2, 0.25) is 0 Å². The van der Waals surface area contributed by atoms with Gasteiger partial charge in [0.25, 0.3) is 0 Å². The summed E-state index contributed by atoms with van der Waals surface area (Å²) in [7, 11) is -0.849. The lowest BCUT2D eigenvalue weighted by Crippen LogP contribution is -2.51. The number of rotatable bonds is 6. The lowest BCUT2D eigenvalue weighted by molar-refractivity contribution is -0.0360. The number of benzene rings is 3. The van der Waals surface area contributed by atoms with Gasteiger partial charge in [0.15, 0.2) is 5.75 Å². The zero-order valence-corrected chi connectivity index (χ0v) is 23.0. The van der Waals surface area contributed by atoms with Crippen LogP contribution >= 0.6 is 0 Å². The molecule has 1 heterocycles. The van der Waals surface area contributed by atoms with Gasteiger partial charge in [0.05, 0.1) is 14.2 Å². The molecule has 0 bridgehead atoms. The van der Waals surface area contributed by atoms with Crippen LogP contribution in [0.2, 0.25) is 0 Å². The fraction of sp³-hybridized carbons (Fsp3) is 0.419. The van der Waals surface area contributed by atoms with E-state index in [2.05, 4.69) is 6.07 Å². The molecule has 2 atom stereocenters. The van der Waals surface area contributed by atoms with Crippen molar-refractivity contribution < 1.29 is 26.8 Å². The lowest BCUT2D eigenvalue weighted by Gasteiger charge is -2.51. The number of ether oxygens (including phenoxy) is 3. The molecule has 2 aliphatic carbocycles. The van der Waals surface area contributed by atoms with Crippen LogP contribution in [0.4, 0.5) is 0 Å². The summed E-state index contributed by atoms with van der Waals surface area (Å²) in [5, 5.41) is 0. The molecule has 0 N–H and O–H groups in total. The first-order chi connectivity index (χ1) is 18.3. The molecular weight excluding hydrogens is 500 g/mol. The van der Waals surface area contributed by atoms with Gasteiger partial charge >= 0.3 is 10.1 Å². The van der Waals surface area contributed by atoms with E-state index in [1.165, 1.54) is 18.4 Å². The van der Waals surface area contributed by atoms with E-state index in [1.54, 1.807) is 44.6 Å². The van der Waals surface area contributed by atoms with Crippen LogP contribution in [-0.4, -0.2) is 22.6 Å². The molecule has 6 nitrogen and oxygen atoms in total. The Morgan fingerprint density at radius 3 is 2.16 bits per heavy atom. The second-order valence-electron chi connectivity index (χ2n) is 10.9. The van der Waals surface area contributed by atoms with Gasteiger partial charge in [-0.25, -0.2) is 0 Å². The molecule has 1 spiro atoms. The second-order valence-corrected chi connectivity index (χ2v) is 12.4. The van der Waals surface area contributed by atoms with E-state index in [0.29, 0.717) is 5.75 Å². The van der Waals surface area contributed by atoms with Gasteiger partial charge in [-0.1, -0.05) is 36.6 Å². The van der Waals surface area contributed by atoms with Crippen LogP contribution in [0.5, 0.6) is 23.0 Å². The molecule has 38 heavy (non-hydrogen) atoms. The van der Waals surface area contributed by atoms with Crippen molar-refractivity contribution in [3.63, 3.8) is 0 Å². The van der Waals surface area contributed by atoms with Gasteiger partial charge in [-0.3, -0.25) is 0 Å². The van der Waals surface area contributed by atoms with Crippen LogP contribution in [0.15, 0.2) is 65.6 Å². The summed E-state index contributed by atoms with van der Waals surface area (Å²) in [4.78, 5) is 0.115. The highest BCUT2D eigenvalue weighted by atomic mass is 32.2. The number of hydrogen-bond donors (Lipinski definition) is 0. The molecule has 2 fully saturated rings. The molecule has 0 aromatic heterocycles. The van der Waals surface area contributed by atoms with Crippen LogP contribution in [0.25, 0.3) is 0 Å². The molecular formula is C31H34O6S. The molecule has 200 valence electrons. The predicted molar refractivity (Wildman–Crippen MR) is 145 cm³/mol. The molecule has 3 aliphatic rings. The molecule has 0 saturated heterocycles. The summed E-state index contributed by atoms with van der Waals surface area (Å²) in [5.41, 5.74) is 2.25. The summed E-state index contributed by atoms with van der Waals surface area (Å²) in [6.07, 6.45) is 7.32. The zero-order valence-electron chi connectivity index (χ0n) is 22.2. The summed E-state index contributed by atoms with van der Waals surface area (Å²) < 4.78 is 50.9. The minimum atomic E-state index is -4.08. The Kier molecular flexibility index (Phi) is 6.10. The Labute approximate surface area is 225 Å². The third kappa shape index (κ3) is 3.85. The molecule has 2 saturated carbocycles. The van der Waals surface area contributed by atoms with E-state index in [0.717, 1.165) is 54.7 Å². The van der Waals surface area contributed by atoms with E-state index in [9.17, 15) is 8.42 Å². The van der Waals surface area contributed by atoms with Crippen molar-refractivity contribution >= 4 is 10.1 Å². The molecule has 0 unspecified atom stereocenters. The molecule has 3 aromatic carbocycles. The van der Waals surface area contributed by atoms with E-state index in [-0.39, 0.29) is 22.0 Å². The summed E-state index contributed by atoms with van der Waals surface area (Å²) in [6.45, 7) is 1.92. The van der Waals surface area contributed by atoms with Crippen LogP contribution < -0.4 is 18.4 Å². The first-order valence-corrected chi connectivity index (χ1v) is 14.8. The van der Waals surface area contributed by atoms with E-state index in [4.69, 9.17) is 18.4 Å². The third-order valence-corrected chi connectivity index (χ3v) is 10.2. The van der Waals surface area contributed by atoms with E-state index < -0.39 is 15.7 Å². The number of fused-ring (bicyclic) bond motifs is 4. The maximum absolute atomic E-state index is 13.4. The highest BCUT2D eigenvalue weighted by molar-refractivity contribution is 7.87. The Balaban J connectivity index is 1.52. The Bertz CT molecular complexity index is 1460. The Morgan fingerprint density at radius 1 is 0.816 bits per heavy atom. The number of hydrogen-bond acceptors (Lipinski definition) is 6.